The van der Waals surface area contributed by atoms with Crippen LogP contribution >= 0.6 is 0 Å². The van der Waals surface area contributed by atoms with Crippen molar-refractivity contribution in [1.82, 2.24) is 19.7 Å². The zero-order valence-corrected chi connectivity index (χ0v) is 20.2. The molecule has 0 amide bonds. The van der Waals surface area contributed by atoms with E-state index in [4.69, 9.17) is 9.47 Å². The Bertz CT molecular complexity index is 1300. The monoisotopic (exact) mass is 494 g/mol. The quantitative estimate of drug-likeness (QED) is 0.388. The molecule has 1 unspecified atom stereocenters. The second-order valence-corrected chi connectivity index (χ2v) is 9.10. The number of aromatic nitrogens is 4. The molecular formula is C27H28F2N4O3. The molecule has 0 saturated carbocycles. The number of halogens is 2. The van der Waals surface area contributed by atoms with Crippen LogP contribution in [-0.2, 0) is 11.2 Å². The van der Waals surface area contributed by atoms with Gasteiger partial charge >= 0.3 is 0 Å². The number of hydrogen-bond acceptors (Lipinski definition) is 6. The molecule has 1 saturated heterocycles. The van der Waals surface area contributed by atoms with Gasteiger partial charge in [0.15, 0.2) is 11.6 Å². The highest BCUT2D eigenvalue weighted by Crippen LogP contribution is 2.27. The topological polar surface area (TPSA) is 79.1 Å². The van der Waals surface area contributed by atoms with Gasteiger partial charge in [0.05, 0.1) is 37.9 Å². The summed E-state index contributed by atoms with van der Waals surface area (Å²) in [5.41, 5.74) is 2.02. The standard InChI is InChI=1S/C27H28F2N4O3/c1-19(29)6-7-22(8-10-28)33-11-9-25(34)24(32-33)13-20-4-3-5-21(12-20)26-30-14-23(15-31-26)36-18-27(2)16-35-17-27/h3-9,11-12,14-15,19H,10,13,16-18H2,1-2H3/b7-6-,22-8+. The molecule has 3 aromatic rings. The van der Waals surface area contributed by atoms with Gasteiger partial charge in [0.1, 0.15) is 18.5 Å². The third-order valence-electron chi connectivity index (χ3n) is 5.64. The predicted molar refractivity (Wildman–Crippen MR) is 133 cm³/mol. The van der Waals surface area contributed by atoms with E-state index >= 15 is 0 Å². The molecule has 1 aliphatic rings. The molecular weight excluding hydrogens is 466 g/mol. The van der Waals surface area contributed by atoms with E-state index in [2.05, 4.69) is 22.0 Å². The number of alkyl halides is 2. The van der Waals surface area contributed by atoms with E-state index in [0.29, 0.717) is 37.1 Å². The number of allylic oxidation sites excluding steroid dienone is 4. The Morgan fingerprint density at radius 3 is 2.72 bits per heavy atom. The van der Waals surface area contributed by atoms with Gasteiger partial charge in [-0.1, -0.05) is 25.1 Å². The molecule has 1 atom stereocenters. The Hall–Kier alpha value is -3.72. The molecule has 4 rings (SSSR count). The van der Waals surface area contributed by atoms with E-state index in [0.717, 1.165) is 11.1 Å². The van der Waals surface area contributed by atoms with E-state index < -0.39 is 12.8 Å². The van der Waals surface area contributed by atoms with E-state index in [1.807, 2.05) is 24.3 Å². The van der Waals surface area contributed by atoms with Gasteiger partial charge in [-0.25, -0.2) is 23.4 Å². The molecule has 0 spiro atoms. The number of nitrogens with zero attached hydrogens (tertiary/aromatic N) is 4. The molecule has 188 valence electrons. The Morgan fingerprint density at radius 1 is 1.28 bits per heavy atom. The first-order valence-corrected chi connectivity index (χ1v) is 11.6. The summed E-state index contributed by atoms with van der Waals surface area (Å²) in [4.78, 5) is 21.3. The first-order chi connectivity index (χ1) is 17.3. The summed E-state index contributed by atoms with van der Waals surface area (Å²) >= 11 is 0. The van der Waals surface area contributed by atoms with Crippen molar-refractivity contribution in [2.24, 2.45) is 5.41 Å². The fourth-order valence-corrected chi connectivity index (χ4v) is 3.61. The van der Waals surface area contributed by atoms with Crippen molar-refractivity contribution < 1.29 is 18.3 Å². The molecule has 1 aliphatic heterocycles. The summed E-state index contributed by atoms with van der Waals surface area (Å²) in [5.74, 6) is 1.12. The van der Waals surface area contributed by atoms with Gasteiger partial charge in [-0.05, 0) is 36.8 Å². The summed E-state index contributed by atoms with van der Waals surface area (Å²) < 4.78 is 38.6. The summed E-state index contributed by atoms with van der Waals surface area (Å²) in [5, 5.41) is 4.37. The first-order valence-electron chi connectivity index (χ1n) is 11.6. The van der Waals surface area contributed by atoms with E-state index in [9.17, 15) is 13.6 Å². The van der Waals surface area contributed by atoms with Crippen LogP contribution in [0.1, 0.15) is 25.1 Å². The van der Waals surface area contributed by atoms with Crippen molar-refractivity contribution in [3.8, 4) is 17.1 Å². The molecule has 1 fully saturated rings. The fraction of sp³-hybridized carbons (Fsp3) is 0.333. The largest absolute Gasteiger partial charge is 0.490 e. The van der Waals surface area contributed by atoms with E-state index in [1.165, 1.54) is 42.1 Å². The van der Waals surface area contributed by atoms with E-state index in [1.54, 1.807) is 12.4 Å². The molecule has 36 heavy (non-hydrogen) atoms. The smallest absolute Gasteiger partial charge is 0.203 e. The van der Waals surface area contributed by atoms with Crippen molar-refractivity contribution in [2.75, 3.05) is 26.5 Å². The lowest BCUT2D eigenvalue weighted by molar-refractivity contribution is -0.120. The maximum absolute atomic E-state index is 13.2. The zero-order valence-electron chi connectivity index (χ0n) is 20.2. The second-order valence-electron chi connectivity index (χ2n) is 9.10. The second kappa shape index (κ2) is 11.3. The van der Waals surface area contributed by atoms with Gasteiger partial charge in [0.2, 0.25) is 5.43 Å². The molecule has 1 aromatic carbocycles. The minimum absolute atomic E-state index is 0.0292. The van der Waals surface area contributed by atoms with Gasteiger partial charge in [-0.15, -0.1) is 0 Å². The van der Waals surface area contributed by atoms with Crippen molar-refractivity contribution in [3.05, 3.63) is 88.6 Å². The predicted octanol–water partition coefficient (Wildman–Crippen LogP) is 4.43. The molecule has 7 nitrogen and oxygen atoms in total. The molecule has 2 aromatic heterocycles. The summed E-state index contributed by atoms with van der Waals surface area (Å²) in [6.45, 7) is 4.63. The van der Waals surface area contributed by atoms with Crippen LogP contribution in [-0.4, -0.2) is 52.4 Å². The highest BCUT2D eigenvalue weighted by Gasteiger charge is 2.34. The molecule has 0 radical (unpaired) electrons. The number of hydrogen-bond donors (Lipinski definition) is 0. The van der Waals surface area contributed by atoms with Gasteiger partial charge < -0.3 is 9.47 Å². The molecule has 9 heteroatoms. The van der Waals surface area contributed by atoms with Crippen LogP contribution in [0.15, 0.2) is 71.9 Å². The maximum atomic E-state index is 13.2. The Kier molecular flexibility index (Phi) is 8.00. The van der Waals surface area contributed by atoms with Gasteiger partial charge in [-0.2, -0.15) is 5.10 Å². The highest BCUT2D eigenvalue weighted by molar-refractivity contribution is 5.57. The lowest BCUT2D eigenvalue weighted by Crippen LogP contribution is -2.44. The zero-order chi connectivity index (χ0) is 25.5. The Balaban J connectivity index is 1.50. The average Bonchev–Trinajstić information content (AvgIpc) is 2.86. The van der Waals surface area contributed by atoms with E-state index in [-0.39, 0.29) is 23.0 Å². The lowest BCUT2D eigenvalue weighted by Gasteiger charge is -2.37. The highest BCUT2D eigenvalue weighted by atomic mass is 19.1. The Morgan fingerprint density at radius 2 is 2.06 bits per heavy atom. The molecule has 0 aliphatic carbocycles. The molecule has 0 bridgehead atoms. The van der Waals surface area contributed by atoms with Gasteiger partial charge in [0.25, 0.3) is 0 Å². The molecule has 0 N–H and O–H groups in total. The third kappa shape index (κ3) is 6.48. The van der Waals surface area contributed by atoms with Gasteiger partial charge in [-0.3, -0.25) is 4.79 Å². The third-order valence-corrected chi connectivity index (χ3v) is 5.64. The van der Waals surface area contributed by atoms with Crippen molar-refractivity contribution in [3.63, 3.8) is 0 Å². The van der Waals surface area contributed by atoms with Crippen LogP contribution in [0.3, 0.4) is 0 Å². The SMILES string of the molecule is CC(F)/C=C\C(=C/CF)n1ccc(=O)c(Cc2cccc(-c3ncc(OCC4(C)COC4)cn3)c2)n1. The van der Waals surface area contributed by atoms with Gasteiger partial charge in [0, 0.05) is 29.7 Å². The van der Waals surface area contributed by atoms with Crippen molar-refractivity contribution in [2.45, 2.75) is 26.4 Å². The minimum atomic E-state index is -1.20. The van der Waals surface area contributed by atoms with Crippen LogP contribution in [0.25, 0.3) is 17.1 Å². The normalized spacial score (nSPS) is 16.1. The van der Waals surface area contributed by atoms with Crippen molar-refractivity contribution >= 4 is 5.70 Å². The van der Waals surface area contributed by atoms with Crippen LogP contribution < -0.4 is 10.2 Å². The maximum Gasteiger partial charge on any atom is 0.203 e. The molecule has 3 heterocycles. The minimum Gasteiger partial charge on any atom is -0.490 e. The van der Waals surface area contributed by atoms with Crippen LogP contribution in [0.2, 0.25) is 0 Å². The summed E-state index contributed by atoms with van der Waals surface area (Å²) in [6, 6.07) is 8.88. The number of ether oxygens (including phenoxy) is 2. The average molecular weight is 495 g/mol. The fourth-order valence-electron chi connectivity index (χ4n) is 3.61. The van der Waals surface area contributed by atoms with Crippen molar-refractivity contribution in [1.29, 1.82) is 0 Å². The summed E-state index contributed by atoms with van der Waals surface area (Å²) in [6.07, 6.45) is 7.78. The Labute approximate surface area is 208 Å². The number of rotatable bonds is 10. The number of benzene rings is 1. The van der Waals surface area contributed by atoms with Crippen LogP contribution in [0, 0.1) is 5.41 Å². The summed E-state index contributed by atoms with van der Waals surface area (Å²) in [7, 11) is 0. The van der Waals surface area contributed by atoms with Crippen LogP contribution in [0.5, 0.6) is 5.75 Å². The van der Waals surface area contributed by atoms with Crippen LogP contribution in [0.4, 0.5) is 8.78 Å². The first kappa shape index (κ1) is 25.4. The lowest BCUT2D eigenvalue weighted by atomic mass is 9.90.